The van der Waals surface area contributed by atoms with Crippen molar-refractivity contribution in [1.29, 1.82) is 0 Å². The Morgan fingerprint density at radius 1 is 1.30 bits per heavy atom. The predicted octanol–water partition coefficient (Wildman–Crippen LogP) is 2.31. The fourth-order valence-electron chi connectivity index (χ4n) is 3.99. The summed E-state index contributed by atoms with van der Waals surface area (Å²) in [6.07, 6.45) is 4.83. The summed E-state index contributed by atoms with van der Waals surface area (Å²) in [6, 6.07) is 8.64. The van der Waals surface area contributed by atoms with Gasteiger partial charge in [0, 0.05) is 50.3 Å². The molecule has 0 bridgehead atoms. The number of hydrogen-bond donors (Lipinski definition) is 1. The Labute approximate surface area is 139 Å². The summed E-state index contributed by atoms with van der Waals surface area (Å²) in [5, 5.41) is 10.5. The van der Waals surface area contributed by atoms with Crippen LogP contribution < -0.4 is 0 Å². The van der Waals surface area contributed by atoms with Gasteiger partial charge in [0.2, 0.25) is 0 Å². The van der Waals surface area contributed by atoms with Crippen molar-refractivity contribution in [2.45, 2.75) is 19.4 Å². The lowest BCUT2D eigenvalue weighted by molar-refractivity contribution is 0.119. The third kappa shape index (κ3) is 3.94. The highest BCUT2D eigenvalue weighted by Gasteiger charge is 2.21. The van der Waals surface area contributed by atoms with E-state index in [1.165, 1.54) is 29.3 Å². The van der Waals surface area contributed by atoms with Crippen LogP contribution in [0.2, 0.25) is 0 Å². The Kier molecular flexibility index (Phi) is 5.36. The van der Waals surface area contributed by atoms with Crippen LogP contribution in [0.25, 0.3) is 10.9 Å². The van der Waals surface area contributed by atoms with Gasteiger partial charge in [0.25, 0.3) is 0 Å². The molecule has 23 heavy (non-hydrogen) atoms. The zero-order chi connectivity index (χ0) is 16.2. The van der Waals surface area contributed by atoms with Crippen LogP contribution in [0.5, 0.6) is 0 Å². The molecule has 1 aliphatic heterocycles. The van der Waals surface area contributed by atoms with Crippen LogP contribution in [-0.2, 0) is 13.6 Å². The molecule has 1 fully saturated rings. The molecule has 1 aromatic carbocycles. The van der Waals surface area contributed by atoms with E-state index in [4.69, 9.17) is 5.11 Å². The second-order valence-electron chi connectivity index (χ2n) is 7.01. The van der Waals surface area contributed by atoms with E-state index in [1.54, 1.807) is 0 Å². The molecule has 4 heteroatoms. The second-order valence-corrected chi connectivity index (χ2v) is 7.01. The number of hydrogen-bond acceptors (Lipinski definition) is 3. The average Bonchev–Trinajstić information content (AvgIpc) is 2.85. The Bertz CT molecular complexity index is 635. The summed E-state index contributed by atoms with van der Waals surface area (Å²) in [4.78, 5) is 4.86. The normalized spacial score (nSPS) is 19.7. The lowest BCUT2D eigenvalue weighted by atomic mass is 9.97. The Balaban J connectivity index is 1.61. The number of aliphatic hydroxyl groups excluding tert-OH is 1. The molecule has 1 aromatic heterocycles. The quantitative estimate of drug-likeness (QED) is 0.888. The smallest absolute Gasteiger partial charge is 0.0558 e. The van der Waals surface area contributed by atoms with Crippen molar-refractivity contribution in [2.75, 3.05) is 39.8 Å². The second kappa shape index (κ2) is 7.47. The number of aliphatic hydroxyl groups is 1. The first kappa shape index (κ1) is 16.5. The molecule has 0 spiro atoms. The maximum absolute atomic E-state index is 9.13. The molecule has 0 unspecified atom stereocenters. The van der Waals surface area contributed by atoms with Crippen molar-refractivity contribution < 1.29 is 5.11 Å². The molecule has 0 saturated carbocycles. The summed E-state index contributed by atoms with van der Waals surface area (Å²) in [7, 11) is 4.35. The van der Waals surface area contributed by atoms with Crippen molar-refractivity contribution >= 4 is 10.9 Å². The van der Waals surface area contributed by atoms with Gasteiger partial charge in [0.05, 0.1) is 6.61 Å². The van der Waals surface area contributed by atoms with Crippen LogP contribution >= 0.6 is 0 Å². The molecule has 1 saturated heterocycles. The van der Waals surface area contributed by atoms with Crippen molar-refractivity contribution in [3.8, 4) is 0 Å². The van der Waals surface area contributed by atoms with Crippen molar-refractivity contribution in [1.82, 2.24) is 14.4 Å². The SMILES string of the molecule is CN(Cc1cn(C)c2ccccc12)C[C@@H]1CCCN(CCO)C1. The van der Waals surface area contributed by atoms with Gasteiger partial charge in [-0.25, -0.2) is 0 Å². The molecule has 0 aliphatic carbocycles. The summed E-state index contributed by atoms with van der Waals surface area (Å²) in [5.41, 5.74) is 2.72. The molecule has 1 aliphatic rings. The van der Waals surface area contributed by atoms with Crippen LogP contribution in [0.15, 0.2) is 30.5 Å². The molecule has 126 valence electrons. The molecule has 1 atom stereocenters. The van der Waals surface area contributed by atoms with Gasteiger partial charge in [0.15, 0.2) is 0 Å². The number of nitrogens with zero attached hydrogens (tertiary/aromatic N) is 3. The maximum Gasteiger partial charge on any atom is 0.0558 e. The van der Waals surface area contributed by atoms with Gasteiger partial charge in [0.1, 0.15) is 0 Å². The first-order chi connectivity index (χ1) is 11.2. The average molecular weight is 315 g/mol. The molecular formula is C19H29N3O. The molecular weight excluding hydrogens is 286 g/mol. The summed E-state index contributed by atoms with van der Waals surface area (Å²) in [5.74, 6) is 0.718. The Morgan fingerprint density at radius 2 is 2.13 bits per heavy atom. The van der Waals surface area contributed by atoms with E-state index in [-0.39, 0.29) is 6.61 Å². The zero-order valence-corrected chi connectivity index (χ0v) is 14.4. The van der Waals surface area contributed by atoms with Crippen LogP contribution in [0.1, 0.15) is 18.4 Å². The van der Waals surface area contributed by atoms with Crippen LogP contribution in [0, 0.1) is 5.92 Å². The number of rotatable bonds is 6. The van der Waals surface area contributed by atoms with E-state index in [0.29, 0.717) is 0 Å². The van der Waals surface area contributed by atoms with Crippen LogP contribution in [0.3, 0.4) is 0 Å². The minimum atomic E-state index is 0.276. The molecule has 1 N–H and O–H groups in total. The molecule has 3 rings (SSSR count). The van der Waals surface area contributed by atoms with E-state index in [1.807, 2.05) is 0 Å². The molecule has 2 heterocycles. The third-order valence-electron chi connectivity index (χ3n) is 5.01. The maximum atomic E-state index is 9.13. The van der Waals surface area contributed by atoms with E-state index in [9.17, 15) is 0 Å². The number of aromatic nitrogens is 1. The standard InChI is InChI=1S/C19H29N3O/c1-20(12-16-6-5-9-22(13-16)10-11-23)14-17-15-21(2)19-8-4-3-7-18(17)19/h3-4,7-8,15-16,23H,5-6,9-14H2,1-2H3/t16-/m0/s1. The summed E-state index contributed by atoms with van der Waals surface area (Å²) in [6.45, 7) is 5.50. The summed E-state index contributed by atoms with van der Waals surface area (Å²) < 4.78 is 2.22. The van der Waals surface area contributed by atoms with Gasteiger partial charge >= 0.3 is 0 Å². The van der Waals surface area contributed by atoms with Gasteiger partial charge in [-0.05, 0) is 44.0 Å². The number of likely N-dealkylation sites (tertiary alicyclic amines) is 1. The van der Waals surface area contributed by atoms with E-state index < -0.39 is 0 Å². The zero-order valence-electron chi connectivity index (χ0n) is 14.4. The lowest BCUT2D eigenvalue weighted by Crippen LogP contribution is -2.41. The summed E-state index contributed by atoms with van der Waals surface area (Å²) >= 11 is 0. The van der Waals surface area contributed by atoms with Crippen LogP contribution in [-0.4, -0.2) is 59.3 Å². The highest BCUT2D eigenvalue weighted by atomic mass is 16.3. The van der Waals surface area contributed by atoms with Crippen molar-refractivity contribution in [2.24, 2.45) is 13.0 Å². The number of fused-ring (bicyclic) bond motifs is 1. The van der Waals surface area contributed by atoms with E-state index >= 15 is 0 Å². The first-order valence-corrected chi connectivity index (χ1v) is 8.72. The highest BCUT2D eigenvalue weighted by molar-refractivity contribution is 5.83. The topological polar surface area (TPSA) is 31.6 Å². The van der Waals surface area contributed by atoms with Gasteiger partial charge in [-0.15, -0.1) is 0 Å². The number of piperidine rings is 1. The molecule has 0 radical (unpaired) electrons. The number of β-amino-alcohol motifs (C(OH)–C–C–N with tert-alkyl or cyclic N) is 1. The third-order valence-corrected chi connectivity index (χ3v) is 5.01. The number of benzene rings is 1. The minimum absolute atomic E-state index is 0.276. The van der Waals surface area contributed by atoms with Gasteiger partial charge in [-0.3, -0.25) is 0 Å². The number of aryl methyl sites for hydroxylation is 1. The number of para-hydroxylation sites is 1. The largest absolute Gasteiger partial charge is 0.395 e. The molecule has 4 nitrogen and oxygen atoms in total. The fraction of sp³-hybridized carbons (Fsp3) is 0.579. The molecule has 0 amide bonds. The Hall–Kier alpha value is -1.36. The first-order valence-electron chi connectivity index (χ1n) is 8.72. The van der Waals surface area contributed by atoms with Crippen molar-refractivity contribution in [3.63, 3.8) is 0 Å². The highest BCUT2D eigenvalue weighted by Crippen LogP contribution is 2.23. The van der Waals surface area contributed by atoms with Gasteiger partial charge < -0.3 is 19.5 Å². The predicted molar refractivity (Wildman–Crippen MR) is 95.5 cm³/mol. The minimum Gasteiger partial charge on any atom is -0.395 e. The Morgan fingerprint density at radius 3 is 2.96 bits per heavy atom. The molecule has 2 aromatic rings. The van der Waals surface area contributed by atoms with Gasteiger partial charge in [-0.2, -0.15) is 0 Å². The monoisotopic (exact) mass is 315 g/mol. The lowest BCUT2D eigenvalue weighted by Gasteiger charge is -2.34. The van der Waals surface area contributed by atoms with E-state index in [0.717, 1.165) is 38.6 Å². The fourth-order valence-corrected chi connectivity index (χ4v) is 3.99. The van der Waals surface area contributed by atoms with E-state index in [2.05, 4.69) is 58.9 Å². The van der Waals surface area contributed by atoms with Crippen molar-refractivity contribution in [3.05, 3.63) is 36.0 Å². The van der Waals surface area contributed by atoms with Crippen LogP contribution in [0.4, 0.5) is 0 Å². The van der Waals surface area contributed by atoms with Gasteiger partial charge in [-0.1, -0.05) is 18.2 Å².